The molecule has 2 aliphatic rings. The number of carbonyl (C=O) groups is 2. The van der Waals surface area contributed by atoms with Crippen molar-refractivity contribution in [2.75, 3.05) is 31.7 Å². The number of rotatable bonds is 4. The highest BCUT2D eigenvalue weighted by Crippen LogP contribution is 2.32. The summed E-state index contributed by atoms with van der Waals surface area (Å²) in [4.78, 5) is 27.6. The van der Waals surface area contributed by atoms with Gasteiger partial charge in [-0.05, 0) is 50.1 Å². The molecule has 5 nitrogen and oxygen atoms in total. The zero-order valence-electron chi connectivity index (χ0n) is 18.2. The lowest BCUT2D eigenvalue weighted by Crippen LogP contribution is -2.43. The minimum Gasteiger partial charge on any atom is -0.497 e. The van der Waals surface area contributed by atoms with Crippen molar-refractivity contribution in [3.8, 4) is 5.75 Å². The summed E-state index contributed by atoms with van der Waals surface area (Å²) in [5.41, 5.74) is 4.00. The Labute approximate surface area is 187 Å². The number of ether oxygens (including phenoxy) is 1. The van der Waals surface area contributed by atoms with E-state index in [9.17, 15) is 9.59 Å². The first-order chi connectivity index (χ1) is 14.9. The van der Waals surface area contributed by atoms with Crippen LogP contribution < -0.4 is 10.1 Å². The third-order valence-electron chi connectivity index (χ3n) is 5.70. The number of benzene rings is 2. The number of hydrogen-bond donors (Lipinski definition) is 1. The van der Waals surface area contributed by atoms with Gasteiger partial charge in [0.25, 0.3) is 5.91 Å². The first kappa shape index (κ1) is 21.5. The molecule has 2 heterocycles. The van der Waals surface area contributed by atoms with E-state index in [1.54, 1.807) is 37.5 Å². The van der Waals surface area contributed by atoms with E-state index in [2.05, 4.69) is 25.2 Å². The minimum atomic E-state index is -0.156. The molecular formula is C25H28N2O3S. The van der Waals surface area contributed by atoms with Gasteiger partial charge in [-0.15, -0.1) is 0 Å². The maximum Gasteiger partial charge on any atom is 0.253 e. The van der Waals surface area contributed by atoms with E-state index in [1.807, 2.05) is 28.8 Å². The first-order valence-electron chi connectivity index (χ1n) is 10.5. The van der Waals surface area contributed by atoms with E-state index in [0.29, 0.717) is 11.1 Å². The molecule has 2 aromatic rings. The molecule has 1 amide bonds. The molecule has 1 N–H and O–H groups in total. The van der Waals surface area contributed by atoms with Crippen molar-refractivity contribution >= 4 is 29.1 Å². The highest BCUT2D eigenvalue weighted by atomic mass is 32.2. The number of hydrogen-bond acceptors (Lipinski definition) is 5. The van der Waals surface area contributed by atoms with Crippen molar-refractivity contribution in [1.82, 2.24) is 10.2 Å². The van der Waals surface area contributed by atoms with E-state index in [1.165, 1.54) is 5.56 Å². The normalized spacial score (nSPS) is 18.8. The van der Waals surface area contributed by atoms with Crippen molar-refractivity contribution in [3.05, 3.63) is 70.8 Å². The van der Waals surface area contributed by atoms with Crippen molar-refractivity contribution < 1.29 is 14.3 Å². The maximum atomic E-state index is 13.0. The number of amides is 1. The molecule has 4 rings (SSSR count). The molecule has 162 valence electrons. The van der Waals surface area contributed by atoms with Crippen LogP contribution in [-0.2, 0) is 6.42 Å². The van der Waals surface area contributed by atoms with Gasteiger partial charge in [-0.1, -0.05) is 18.2 Å². The Balaban J connectivity index is 1.58. The van der Waals surface area contributed by atoms with Crippen LogP contribution in [0.3, 0.4) is 0 Å². The SMILES string of the molecule is COc1ccc2c(c1)C(=CC(=O)c1ccc(C(=O)N3CCSCC3)cc1)NC(C)(C)C2. The lowest BCUT2D eigenvalue weighted by atomic mass is 9.85. The lowest BCUT2D eigenvalue weighted by molar-refractivity contribution is 0.0772. The van der Waals surface area contributed by atoms with Gasteiger partial charge in [0, 0.05) is 58.6 Å². The number of thioether (sulfide) groups is 1. The lowest BCUT2D eigenvalue weighted by Gasteiger charge is -2.35. The number of nitrogens with one attached hydrogen (secondary N) is 1. The topological polar surface area (TPSA) is 58.6 Å². The van der Waals surface area contributed by atoms with Crippen molar-refractivity contribution in [2.24, 2.45) is 0 Å². The fraction of sp³-hybridized carbons (Fsp3) is 0.360. The summed E-state index contributed by atoms with van der Waals surface area (Å²) in [7, 11) is 1.64. The molecule has 0 unspecified atom stereocenters. The average Bonchev–Trinajstić information content (AvgIpc) is 2.78. The largest absolute Gasteiger partial charge is 0.497 e. The first-order valence-corrected chi connectivity index (χ1v) is 11.7. The van der Waals surface area contributed by atoms with Gasteiger partial charge in [-0.3, -0.25) is 9.59 Å². The van der Waals surface area contributed by atoms with Gasteiger partial charge in [-0.2, -0.15) is 11.8 Å². The van der Waals surface area contributed by atoms with Crippen molar-refractivity contribution in [2.45, 2.75) is 25.8 Å². The van der Waals surface area contributed by atoms with E-state index in [4.69, 9.17) is 4.74 Å². The molecular weight excluding hydrogens is 408 g/mol. The molecule has 0 radical (unpaired) electrons. The van der Waals surface area contributed by atoms with Crippen LogP contribution in [0.4, 0.5) is 0 Å². The number of nitrogens with zero attached hydrogens (tertiary/aromatic N) is 1. The summed E-state index contributed by atoms with van der Waals surface area (Å²) in [6.07, 6.45) is 2.52. The zero-order chi connectivity index (χ0) is 22.0. The van der Waals surface area contributed by atoms with E-state index >= 15 is 0 Å². The number of allylic oxidation sites excluding steroid dienone is 1. The van der Waals surface area contributed by atoms with Gasteiger partial charge in [0.05, 0.1) is 7.11 Å². The van der Waals surface area contributed by atoms with Crippen LogP contribution in [-0.4, -0.2) is 53.8 Å². The Morgan fingerprint density at radius 3 is 2.42 bits per heavy atom. The van der Waals surface area contributed by atoms with Gasteiger partial charge in [0.1, 0.15) is 5.75 Å². The second-order valence-corrected chi connectivity index (χ2v) is 9.84. The number of fused-ring (bicyclic) bond motifs is 1. The van der Waals surface area contributed by atoms with Crippen LogP contribution in [0.5, 0.6) is 5.75 Å². The molecule has 0 bridgehead atoms. The van der Waals surface area contributed by atoms with E-state index < -0.39 is 0 Å². The predicted molar refractivity (Wildman–Crippen MR) is 126 cm³/mol. The van der Waals surface area contributed by atoms with Gasteiger partial charge < -0.3 is 15.0 Å². The number of methoxy groups -OCH3 is 1. The molecule has 0 spiro atoms. The summed E-state index contributed by atoms with van der Waals surface area (Å²) in [6.45, 7) is 5.80. The van der Waals surface area contributed by atoms with Crippen molar-refractivity contribution in [3.63, 3.8) is 0 Å². The number of ketones is 1. The molecule has 0 saturated carbocycles. The highest BCUT2D eigenvalue weighted by molar-refractivity contribution is 7.99. The molecule has 2 aromatic carbocycles. The smallest absolute Gasteiger partial charge is 0.253 e. The Bertz CT molecular complexity index is 1020. The fourth-order valence-electron chi connectivity index (χ4n) is 4.09. The van der Waals surface area contributed by atoms with Gasteiger partial charge in [0.2, 0.25) is 0 Å². The van der Waals surface area contributed by atoms with Gasteiger partial charge in [0.15, 0.2) is 5.78 Å². The Kier molecular flexibility index (Phi) is 6.10. The average molecular weight is 437 g/mol. The minimum absolute atomic E-state index is 0.0365. The molecule has 6 heteroatoms. The molecule has 0 aromatic heterocycles. The van der Waals surface area contributed by atoms with Crippen LogP contribution in [0.25, 0.3) is 5.70 Å². The Hall–Kier alpha value is -2.73. The van der Waals surface area contributed by atoms with Crippen molar-refractivity contribution in [1.29, 1.82) is 0 Å². The van der Waals surface area contributed by atoms with E-state index in [0.717, 1.165) is 48.0 Å². The summed E-state index contributed by atoms with van der Waals surface area (Å²) < 4.78 is 5.38. The maximum absolute atomic E-state index is 13.0. The van der Waals surface area contributed by atoms with Gasteiger partial charge in [-0.25, -0.2) is 0 Å². The molecule has 0 atom stereocenters. The van der Waals surface area contributed by atoms with Crippen LogP contribution in [0.1, 0.15) is 45.7 Å². The zero-order valence-corrected chi connectivity index (χ0v) is 19.1. The standard InChI is InChI=1S/C25H28N2O3S/c1-25(2)16-19-8-9-20(30-3)14-21(19)22(26-25)15-23(28)17-4-6-18(7-5-17)24(29)27-10-12-31-13-11-27/h4-9,14-15,26H,10-13,16H2,1-3H3. The number of carbonyl (C=O) groups excluding carboxylic acids is 2. The fourth-order valence-corrected chi connectivity index (χ4v) is 5.00. The molecule has 0 aliphatic carbocycles. The van der Waals surface area contributed by atoms with Crippen LogP contribution in [0, 0.1) is 0 Å². The Morgan fingerprint density at radius 1 is 1.06 bits per heavy atom. The predicted octanol–water partition coefficient (Wildman–Crippen LogP) is 4.03. The summed E-state index contributed by atoms with van der Waals surface area (Å²) >= 11 is 1.87. The third kappa shape index (κ3) is 4.79. The van der Waals surface area contributed by atoms with E-state index in [-0.39, 0.29) is 17.2 Å². The molecule has 2 aliphatic heterocycles. The monoisotopic (exact) mass is 436 g/mol. The quantitative estimate of drug-likeness (QED) is 0.579. The van der Waals surface area contributed by atoms with Crippen LogP contribution in [0.15, 0.2) is 48.5 Å². The highest BCUT2D eigenvalue weighted by Gasteiger charge is 2.28. The molecule has 1 saturated heterocycles. The third-order valence-corrected chi connectivity index (χ3v) is 6.65. The molecule has 31 heavy (non-hydrogen) atoms. The van der Waals surface area contributed by atoms with Crippen LogP contribution >= 0.6 is 11.8 Å². The Morgan fingerprint density at radius 2 is 1.74 bits per heavy atom. The second kappa shape index (κ2) is 8.79. The van der Waals surface area contributed by atoms with Gasteiger partial charge >= 0.3 is 0 Å². The summed E-state index contributed by atoms with van der Waals surface area (Å²) in [5, 5.41) is 3.50. The van der Waals surface area contributed by atoms with Crippen LogP contribution in [0.2, 0.25) is 0 Å². The summed E-state index contributed by atoms with van der Waals surface area (Å²) in [6, 6.07) is 13.0. The molecule has 1 fully saturated rings. The summed E-state index contributed by atoms with van der Waals surface area (Å²) in [5.74, 6) is 2.66. The second-order valence-electron chi connectivity index (χ2n) is 8.61.